The van der Waals surface area contributed by atoms with Crippen molar-refractivity contribution in [3.63, 3.8) is 0 Å². The van der Waals surface area contributed by atoms with Crippen LogP contribution in [0.2, 0.25) is 0 Å². The molecule has 0 amide bonds. The number of carbonyl (C=O) groups is 1. The Hall–Kier alpha value is -3.65. The molecular weight excluding hydrogens is 597 g/mol. The van der Waals surface area contributed by atoms with Gasteiger partial charge in [0, 0.05) is 21.2 Å². The molecule has 0 fully saturated rings. The molecule has 7 nitrogen and oxygen atoms in total. The number of benzene rings is 1. The Morgan fingerprint density at radius 2 is 1.93 bits per heavy atom. The third kappa shape index (κ3) is 5.03. The molecule has 0 saturated carbocycles. The van der Waals surface area contributed by atoms with E-state index in [4.69, 9.17) is 9.73 Å². The zero-order valence-electron chi connectivity index (χ0n) is 24.8. The van der Waals surface area contributed by atoms with Gasteiger partial charge in [-0.3, -0.25) is 9.36 Å². The van der Waals surface area contributed by atoms with E-state index in [1.165, 1.54) is 21.8 Å². The van der Waals surface area contributed by atoms with E-state index in [-0.39, 0.29) is 12.2 Å². The van der Waals surface area contributed by atoms with Crippen LogP contribution in [0.5, 0.6) is 0 Å². The molecule has 0 unspecified atom stereocenters. The number of aryl methyl sites for hydroxylation is 2. The summed E-state index contributed by atoms with van der Waals surface area (Å²) in [4.78, 5) is 35.0. The van der Waals surface area contributed by atoms with Gasteiger partial charge in [0.25, 0.3) is 5.56 Å². The number of ether oxygens (including phenoxy) is 1. The fourth-order valence-corrected chi connectivity index (χ4v) is 9.00. The number of fused-ring (bicyclic) bond motifs is 2. The highest BCUT2D eigenvalue weighted by molar-refractivity contribution is 7.98. The van der Waals surface area contributed by atoms with Crippen molar-refractivity contribution < 1.29 is 9.53 Å². The Bertz CT molecular complexity index is 2020. The molecule has 3 aromatic heterocycles. The number of nitrogens with zero attached hydrogens (tertiary/aromatic N) is 4. The van der Waals surface area contributed by atoms with Crippen molar-refractivity contribution in [2.24, 2.45) is 4.99 Å². The molecule has 0 bridgehead atoms. The van der Waals surface area contributed by atoms with E-state index in [0.29, 0.717) is 20.6 Å². The fourth-order valence-electron chi connectivity index (χ4n) is 6.10. The highest BCUT2D eigenvalue weighted by atomic mass is 32.2. The minimum Gasteiger partial charge on any atom is -0.463 e. The second-order valence-electron chi connectivity index (χ2n) is 10.7. The molecule has 4 aromatic rings. The lowest BCUT2D eigenvalue weighted by molar-refractivity contribution is -0.139. The molecule has 10 heteroatoms. The maximum atomic E-state index is 14.1. The van der Waals surface area contributed by atoms with Crippen LogP contribution in [-0.2, 0) is 22.4 Å². The fraction of sp³-hybridized carbons (Fsp3) is 0.333. The second kappa shape index (κ2) is 11.8. The van der Waals surface area contributed by atoms with Gasteiger partial charge < -0.3 is 9.30 Å². The van der Waals surface area contributed by atoms with Crippen LogP contribution < -0.4 is 14.9 Å². The Morgan fingerprint density at radius 3 is 2.63 bits per heavy atom. The van der Waals surface area contributed by atoms with Crippen LogP contribution in [-0.4, -0.2) is 28.0 Å². The first-order valence-corrected chi connectivity index (χ1v) is 17.2. The van der Waals surface area contributed by atoms with Gasteiger partial charge in [-0.25, -0.2) is 9.79 Å². The topological polar surface area (TPSA) is 89.4 Å². The highest BCUT2D eigenvalue weighted by Crippen LogP contribution is 2.38. The van der Waals surface area contributed by atoms with Crippen LogP contribution in [0, 0.1) is 25.2 Å². The van der Waals surface area contributed by atoms with Gasteiger partial charge in [0.1, 0.15) is 11.1 Å². The Morgan fingerprint density at radius 1 is 1.19 bits per heavy atom. The van der Waals surface area contributed by atoms with Crippen molar-refractivity contribution in [2.75, 3.05) is 12.9 Å². The van der Waals surface area contributed by atoms with Crippen molar-refractivity contribution >= 4 is 46.5 Å². The summed E-state index contributed by atoms with van der Waals surface area (Å²) in [7, 11) is 0. The normalized spacial score (nSPS) is 16.5. The summed E-state index contributed by atoms with van der Waals surface area (Å²) in [6.07, 6.45) is 8.18. The summed E-state index contributed by atoms with van der Waals surface area (Å²) in [6.45, 7) is 7.88. The minimum absolute atomic E-state index is 0.203. The Kier molecular flexibility index (Phi) is 8.07. The van der Waals surface area contributed by atoms with E-state index in [1.807, 2.05) is 50.4 Å². The second-order valence-corrected chi connectivity index (χ2v) is 13.7. The number of thioether (sulfide) groups is 1. The molecule has 220 valence electrons. The minimum atomic E-state index is -0.642. The van der Waals surface area contributed by atoms with Gasteiger partial charge in [-0.2, -0.15) is 5.26 Å². The number of nitriles is 1. The Labute approximate surface area is 262 Å². The highest BCUT2D eigenvalue weighted by Gasteiger charge is 2.33. The van der Waals surface area contributed by atoms with Crippen LogP contribution in [0.15, 0.2) is 56.3 Å². The first-order chi connectivity index (χ1) is 20.8. The van der Waals surface area contributed by atoms with Crippen LogP contribution >= 0.6 is 34.4 Å². The van der Waals surface area contributed by atoms with Gasteiger partial charge >= 0.3 is 5.97 Å². The lowest BCUT2D eigenvalue weighted by Gasteiger charge is -2.24. The third-order valence-electron chi connectivity index (χ3n) is 8.17. The number of thiazole rings is 1. The van der Waals surface area contributed by atoms with Crippen molar-refractivity contribution in [1.82, 2.24) is 9.13 Å². The molecule has 0 saturated heterocycles. The number of hydrogen-bond acceptors (Lipinski definition) is 8. The van der Waals surface area contributed by atoms with Gasteiger partial charge in [-0.15, -0.1) is 23.1 Å². The molecule has 1 atom stereocenters. The predicted octanol–water partition coefficient (Wildman–Crippen LogP) is 5.74. The molecular formula is C33H32N4O3S3. The molecule has 0 N–H and O–H groups in total. The van der Waals surface area contributed by atoms with E-state index >= 15 is 0 Å². The number of carbonyl (C=O) groups excluding carboxylic acids is 1. The predicted molar refractivity (Wildman–Crippen MR) is 173 cm³/mol. The number of hydrogen-bond donors (Lipinski definition) is 0. The van der Waals surface area contributed by atoms with Crippen LogP contribution in [0.4, 0.5) is 0 Å². The molecule has 0 radical (unpaired) electrons. The summed E-state index contributed by atoms with van der Waals surface area (Å²) < 4.78 is 9.74. The summed E-state index contributed by atoms with van der Waals surface area (Å²) in [5.74, 6) is -0.465. The van der Waals surface area contributed by atoms with Crippen molar-refractivity contribution in [2.45, 2.75) is 64.3 Å². The number of allylic oxidation sites excluding steroid dienone is 1. The molecule has 43 heavy (non-hydrogen) atoms. The molecule has 1 aliphatic carbocycles. The summed E-state index contributed by atoms with van der Waals surface area (Å²) in [5, 5.41) is 11.1. The third-order valence-corrected chi connectivity index (χ3v) is 11.2. The van der Waals surface area contributed by atoms with Crippen molar-refractivity contribution in [3.05, 3.63) is 99.8 Å². The molecule has 1 aliphatic heterocycles. The summed E-state index contributed by atoms with van der Waals surface area (Å²) >= 11 is 4.67. The number of aromatic nitrogens is 2. The molecule has 0 spiro atoms. The van der Waals surface area contributed by atoms with Gasteiger partial charge in [0.05, 0.1) is 34.0 Å². The maximum Gasteiger partial charge on any atom is 0.338 e. The lowest BCUT2D eigenvalue weighted by atomic mass is 9.96. The number of thiophene rings is 1. The average Bonchev–Trinajstić information content (AvgIpc) is 3.61. The molecule has 2 aliphatic rings. The molecule has 6 rings (SSSR count). The van der Waals surface area contributed by atoms with Crippen molar-refractivity contribution in [3.8, 4) is 11.1 Å². The number of rotatable bonds is 6. The molecule has 1 aromatic carbocycles. The van der Waals surface area contributed by atoms with E-state index < -0.39 is 12.0 Å². The zero-order chi connectivity index (χ0) is 30.4. The van der Waals surface area contributed by atoms with Gasteiger partial charge in [-0.1, -0.05) is 23.5 Å². The Balaban J connectivity index is 1.50. The summed E-state index contributed by atoms with van der Waals surface area (Å²) in [6, 6.07) is 11.8. The quantitative estimate of drug-likeness (QED) is 0.201. The smallest absolute Gasteiger partial charge is 0.338 e. The van der Waals surface area contributed by atoms with E-state index in [2.05, 4.69) is 16.7 Å². The number of esters is 1. The van der Waals surface area contributed by atoms with Crippen LogP contribution in [0.3, 0.4) is 0 Å². The monoisotopic (exact) mass is 628 g/mol. The van der Waals surface area contributed by atoms with Gasteiger partial charge in [0.15, 0.2) is 4.80 Å². The average molecular weight is 629 g/mol. The standard InChI is InChI=1S/C33H32N4O3S3/c1-6-40-32(39)28-19(3)35-33-37(29(28)21-11-13-23(41-5)14-12-21)30(38)27(43-33)16-22-15-18(2)36(20(22)4)31-25(17-34)24-9-7-8-10-26(24)42-31/h11-16,29H,6-10H2,1-5H3/b27-16+/t29-/m1/s1. The SMILES string of the molecule is CCOC(=O)C1=C(C)N=c2s/c(=C/c3cc(C)n(-c4sc5c(c4C#N)CCCC5)c3C)c(=O)n2[C@@H]1c1ccc(SC)cc1. The van der Waals surface area contributed by atoms with Crippen LogP contribution in [0.1, 0.15) is 71.2 Å². The first-order valence-electron chi connectivity index (χ1n) is 14.3. The maximum absolute atomic E-state index is 14.1. The van der Waals surface area contributed by atoms with Crippen LogP contribution in [0.25, 0.3) is 11.1 Å². The first kappa shape index (κ1) is 29.4. The van der Waals surface area contributed by atoms with Gasteiger partial charge in [-0.05, 0) is 101 Å². The van der Waals surface area contributed by atoms with Crippen molar-refractivity contribution in [1.29, 1.82) is 5.26 Å². The largest absolute Gasteiger partial charge is 0.463 e. The van der Waals surface area contributed by atoms with E-state index in [1.54, 1.807) is 41.5 Å². The van der Waals surface area contributed by atoms with E-state index in [9.17, 15) is 14.9 Å². The zero-order valence-corrected chi connectivity index (χ0v) is 27.3. The molecule has 4 heterocycles. The lowest BCUT2D eigenvalue weighted by Crippen LogP contribution is -2.39. The summed E-state index contributed by atoms with van der Waals surface area (Å²) in [5.41, 5.74) is 6.44. The van der Waals surface area contributed by atoms with Gasteiger partial charge in [0.2, 0.25) is 0 Å². The van der Waals surface area contributed by atoms with E-state index in [0.717, 1.165) is 63.7 Å².